The van der Waals surface area contributed by atoms with Crippen LogP contribution in [0.3, 0.4) is 0 Å². The summed E-state index contributed by atoms with van der Waals surface area (Å²) in [5.74, 6) is 0.324. The van der Waals surface area contributed by atoms with Gasteiger partial charge in [0.1, 0.15) is 0 Å². The van der Waals surface area contributed by atoms with Gasteiger partial charge in [0.05, 0.1) is 11.9 Å². The predicted octanol–water partition coefficient (Wildman–Crippen LogP) is 0.794. The first-order valence-electron chi connectivity index (χ1n) is 7.98. The number of hydrogen-bond acceptors (Lipinski definition) is 4. The number of aromatic nitrogens is 2. The Balaban J connectivity index is 1.68. The molecule has 1 aromatic rings. The second-order valence-electron chi connectivity index (χ2n) is 6.45. The maximum atomic E-state index is 12.2. The van der Waals surface area contributed by atoms with Crippen LogP contribution in [0.4, 0.5) is 0 Å². The van der Waals surface area contributed by atoms with E-state index < -0.39 is 10.0 Å². The Kier molecular flexibility index (Phi) is 4.36. The highest BCUT2D eigenvalue weighted by molar-refractivity contribution is 7.88. The van der Waals surface area contributed by atoms with Gasteiger partial charge < -0.3 is 0 Å². The van der Waals surface area contributed by atoms with E-state index in [2.05, 4.69) is 5.10 Å². The van der Waals surface area contributed by atoms with Crippen LogP contribution >= 0.6 is 0 Å². The summed E-state index contributed by atoms with van der Waals surface area (Å²) in [5.41, 5.74) is 2.16. The van der Waals surface area contributed by atoms with Crippen molar-refractivity contribution in [2.45, 2.75) is 45.1 Å². The van der Waals surface area contributed by atoms with E-state index in [1.165, 1.54) is 10.6 Å². The molecule has 0 N–H and O–H groups in total. The number of piperidine rings is 1. The van der Waals surface area contributed by atoms with Gasteiger partial charge in [0.2, 0.25) is 10.0 Å². The van der Waals surface area contributed by atoms with E-state index in [1.54, 1.807) is 10.7 Å². The van der Waals surface area contributed by atoms with Gasteiger partial charge in [-0.3, -0.25) is 4.79 Å². The van der Waals surface area contributed by atoms with Crippen molar-refractivity contribution in [3.63, 3.8) is 0 Å². The first-order valence-corrected chi connectivity index (χ1v) is 9.83. The standard InChI is InChI=1S/C15H23N3O3S/c1-22(20,21)17-8-6-12(7-9-17)11-18-15(19)10-13-4-2-3-5-14(13)16-18/h10,12H,2-9,11H2,1H3. The van der Waals surface area contributed by atoms with Crippen molar-refractivity contribution >= 4 is 10.0 Å². The zero-order valence-electron chi connectivity index (χ0n) is 13.0. The Bertz CT molecular complexity index is 703. The van der Waals surface area contributed by atoms with Crippen LogP contribution in [0.15, 0.2) is 10.9 Å². The van der Waals surface area contributed by atoms with E-state index >= 15 is 0 Å². The van der Waals surface area contributed by atoms with E-state index in [9.17, 15) is 13.2 Å². The normalized spacial score (nSPS) is 20.8. The molecule has 22 heavy (non-hydrogen) atoms. The summed E-state index contributed by atoms with van der Waals surface area (Å²) in [4.78, 5) is 12.2. The number of aryl methyl sites for hydroxylation is 2. The molecule has 3 rings (SSSR count). The Morgan fingerprint density at radius 2 is 1.91 bits per heavy atom. The largest absolute Gasteiger partial charge is 0.268 e. The molecule has 6 nitrogen and oxygen atoms in total. The molecule has 0 unspecified atom stereocenters. The lowest BCUT2D eigenvalue weighted by Crippen LogP contribution is -2.40. The highest BCUT2D eigenvalue weighted by Gasteiger charge is 2.25. The quantitative estimate of drug-likeness (QED) is 0.824. The molecule has 0 bridgehead atoms. The molecule has 1 fully saturated rings. The highest BCUT2D eigenvalue weighted by atomic mass is 32.2. The molecule has 1 aliphatic carbocycles. The molecule has 0 aromatic carbocycles. The summed E-state index contributed by atoms with van der Waals surface area (Å²) < 4.78 is 26.2. The third-order valence-corrected chi connectivity index (χ3v) is 6.05. The van der Waals surface area contributed by atoms with Crippen LogP contribution in [0.2, 0.25) is 0 Å². The fourth-order valence-electron chi connectivity index (χ4n) is 3.40. The first-order chi connectivity index (χ1) is 10.4. The molecule has 1 aliphatic heterocycles. The summed E-state index contributed by atoms with van der Waals surface area (Å²) in [6.07, 6.45) is 7.04. The molecule has 2 heterocycles. The van der Waals surface area contributed by atoms with E-state index in [4.69, 9.17) is 0 Å². The van der Waals surface area contributed by atoms with Crippen molar-refractivity contribution in [1.29, 1.82) is 0 Å². The summed E-state index contributed by atoms with van der Waals surface area (Å²) in [6.45, 7) is 1.69. The zero-order valence-corrected chi connectivity index (χ0v) is 13.8. The molecule has 0 amide bonds. The van der Waals surface area contributed by atoms with Crippen molar-refractivity contribution in [2.75, 3.05) is 19.3 Å². The van der Waals surface area contributed by atoms with Gasteiger partial charge in [-0.25, -0.2) is 17.4 Å². The van der Waals surface area contributed by atoms with Gasteiger partial charge >= 0.3 is 0 Å². The van der Waals surface area contributed by atoms with Crippen LogP contribution in [0, 0.1) is 5.92 Å². The van der Waals surface area contributed by atoms with Gasteiger partial charge in [0.25, 0.3) is 5.56 Å². The predicted molar refractivity (Wildman–Crippen MR) is 84.3 cm³/mol. The Labute approximate surface area is 131 Å². The minimum Gasteiger partial charge on any atom is -0.268 e. The molecular formula is C15H23N3O3S. The van der Waals surface area contributed by atoms with Crippen LogP contribution < -0.4 is 5.56 Å². The van der Waals surface area contributed by atoms with Crippen molar-refractivity contribution in [1.82, 2.24) is 14.1 Å². The van der Waals surface area contributed by atoms with Crippen LogP contribution in [0.25, 0.3) is 0 Å². The maximum absolute atomic E-state index is 12.2. The summed E-state index contributed by atoms with van der Waals surface area (Å²) in [6, 6.07) is 1.74. The average Bonchev–Trinajstić information content (AvgIpc) is 2.48. The zero-order chi connectivity index (χ0) is 15.7. The molecule has 1 aromatic heterocycles. The van der Waals surface area contributed by atoms with Crippen molar-refractivity contribution in [3.8, 4) is 0 Å². The van der Waals surface area contributed by atoms with E-state index in [1.807, 2.05) is 0 Å². The summed E-state index contributed by atoms with van der Waals surface area (Å²) in [5, 5.41) is 4.55. The van der Waals surface area contributed by atoms with Gasteiger partial charge in [0, 0.05) is 25.7 Å². The molecule has 7 heteroatoms. The average molecular weight is 325 g/mol. The van der Waals surface area contributed by atoms with Gasteiger partial charge in [-0.15, -0.1) is 0 Å². The van der Waals surface area contributed by atoms with E-state index in [0.717, 1.165) is 49.8 Å². The molecule has 2 aliphatic rings. The van der Waals surface area contributed by atoms with Gasteiger partial charge in [-0.2, -0.15) is 5.10 Å². The number of sulfonamides is 1. The second-order valence-corrected chi connectivity index (χ2v) is 8.43. The molecule has 0 radical (unpaired) electrons. The van der Waals surface area contributed by atoms with Gasteiger partial charge in [-0.05, 0) is 50.0 Å². The molecule has 1 saturated heterocycles. The fraction of sp³-hybridized carbons (Fsp3) is 0.733. The summed E-state index contributed by atoms with van der Waals surface area (Å²) in [7, 11) is -3.09. The number of fused-ring (bicyclic) bond motifs is 1. The van der Waals surface area contributed by atoms with Gasteiger partial charge in [-0.1, -0.05) is 0 Å². The van der Waals surface area contributed by atoms with Crippen molar-refractivity contribution in [3.05, 3.63) is 27.7 Å². The lowest BCUT2D eigenvalue weighted by atomic mass is 9.96. The fourth-order valence-corrected chi connectivity index (χ4v) is 4.27. The maximum Gasteiger partial charge on any atom is 0.267 e. The smallest absolute Gasteiger partial charge is 0.267 e. The molecule has 0 atom stereocenters. The third kappa shape index (κ3) is 3.41. The molecule has 0 spiro atoms. The highest BCUT2D eigenvalue weighted by Crippen LogP contribution is 2.21. The van der Waals surface area contributed by atoms with Crippen molar-refractivity contribution in [2.24, 2.45) is 5.92 Å². The minimum absolute atomic E-state index is 0.0220. The Morgan fingerprint density at radius 1 is 1.23 bits per heavy atom. The van der Waals surface area contributed by atoms with Crippen LogP contribution in [0.5, 0.6) is 0 Å². The van der Waals surface area contributed by atoms with Crippen LogP contribution in [-0.4, -0.2) is 41.8 Å². The molecule has 122 valence electrons. The van der Waals surface area contributed by atoms with Crippen LogP contribution in [0.1, 0.15) is 36.9 Å². The van der Waals surface area contributed by atoms with E-state index in [0.29, 0.717) is 25.6 Å². The molecular weight excluding hydrogens is 302 g/mol. The first kappa shape index (κ1) is 15.7. The Morgan fingerprint density at radius 3 is 2.59 bits per heavy atom. The lowest BCUT2D eigenvalue weighted by molar-refractivity contribution is 0.244. The van der Waals surface area contributed by atoms with Crippen molar-refractivity contribution < 1.29 is 8.42 Å². The third-order valence-electron chi connectivity index (χ3n) is 4.75. The minimum atomic E-state index is -3.09. The van der Waals surface area contributed by atoms with Crippen LogP contribution in [-0.2, 0) is 29.4 Å². The van der Waals surface area contributed by atoms with Gasteiger partial charge in [0.15, 0.2) is 0 Å². The second kappa shape index (κ2) is 6.12. The number of nitrogens with zero attached hydrogens (tertiary/aromatic N) is 3. The SMILES string of the molecule is CS(=O)(=O)N1CCC(Cn2nc3c(cc2=O)CCCC3)CC1. The topological polar surface area (TPSA) is 72.3 Å². The van der Waals surface area contributed by atoms with E-state index in [-0.39, 0.29) is 5.56 Å². The monoisotopic (exact) mass is 325 g/mol. The summed E-state index contributed by atoms with van der Waals surface area (Å²) >= 11 is 0. The lowest BCUT2D eigenvalue weighted by Gasteiger charge is -2.30. The Hall–Kier alpha value is -1.21. The molecule has 0 saturated carbocycles. The number of hydrogen-bond donors (Lipinski definition) is 0. The number of rotatable bonds is 3.